The van der Waals surface area contributed by atoms with Gasteiger partial charge in [-0.05, 0) is 6.07 Å². The smallest absolute Gasteiger partial charge is 0.326 e. The van der Waals surface area contributed by atoms with E-state index in [2.05, 4.69) is 9.97 Å². The zero-order valence-corrected chi connectivity index (χ0v) is 7.61. The van der Waals surface area contributed by atoms with E-state index in [4.69, 9.17) is 5.73 Å². The lowest BCUT2D eigenvalue weighted by atomic mass is 10.4. The van der Waals surface area contributed by atoms with E-state index in [9.17, 15) is 14.4 Å². The van der Waals surface area contributed by atoms with Crippen LogP contribution in [0.3, 0.4) is 0 Å². The Hall–Kier alpha value is -2.31. The first-order chi connectivity index (χ1) is 7.08. The predicted molar refractivity (Wildman–Crippen MR) is 52.4 cm³/mol. The number of aromatic nitrogens is 3. The maximum Gasteiger partial charge on any atom is 0.326 e. The van der Waals surface area contributed by atoms with Gasteiger partial charge in [0.1, 0.15) is 12.1 Å². The van der Waals surface area contributed by atoms with Crippen LogP contribution in [0.25, 0.3) is 11.0 Å². The van der Waals surface area contributed by atoms with Crippen molar-refractivity contribution in [1.82, 2.24) is 14.5 Å². The molecule has 2 aromatic rings. The Morgan fingerprint density at radius 3 is 2.80 bits per heavy atom. The molecule has 2 rings (SSSR count). The van der Waals surface area contributed by atoms with Crippen LogP contribution in [-0.2, 0) is 11.3 Å². The monoisotopic (exact) mass is 208 g/mol. The molecular formula is C8H8N4O3. The van der Waals surface area contributed by atoms with Crippen molar-refractivity contribution in [2.75, 3.05) is 0 Å². The van der Waals surface area contributed by atoms with Crippen LogP contribution in [0.2, 0.25) is 0 Å². The minimum absolute atomic E-state index is 0.0986. The predicted octanol–water partition coefficient (Wildman–Crippen LogP) is -1.50. The molecule has 0 saturated carbocycles. The number of hydrogen-bond acceptors (Lipinski definition) is 3. The van der Waals surface area contributed by atoms with Crippen LogP contribution in [0, 0.1) is 0 Å². The number of nitrogens with zero attached hydrogens (tertiary/aromatic N) is 1. The second-order valence-corrected chi connectivity index (χ2v) is 3.08. The fourth-order valence-electron chi connectivity index (χ4n) is 1.44. The fraction of sp³-hybridized carbons (Fsp3) is 0.125. The van der Waals surface area contributed by atoms with Crippen molar-refractivity contribution in [3.05, 3.63) is 33.1 Å². The molecule has 0 unspecified atom stereocenters. The van der Waals surface area contributed by atoms with Crippen LogP contribution < -0.4 is 17.0 Å². The van der Waals surface area contributed by atoms with Gasteiger partial charge in [0, 0.05) is 6.20 Å². The van der Waals surface area contributed by atoms with Crippen molar-refractivity contribution in [3.8, 4) is 0 Å². The molecule has 0 bridgehead atoms. The molecule has 2 aromatic heterocycles. The van der Waals surface area contributed by atoms with Crippen molar-refractivity contribution in [1.29, 1.82) is 0 Å². The summed E-state index contributed by atoms with van der Waals surface area (Å²) in [5.41, 5.74) is 4.50. The molecule has 0 aromatic carbocycles. The van der Waals surface area contributed by atoms with Crippen LogP contribution in [0.1, 0.15) is 0 Å². The average molecular weight is 208 g/mol. The van der Waals surface area contributed by atoms with Gasteiger partial charge in [0.05, 0.1) is 5.52 Å². The summed E-state index contributed by atoms with van der Waals surface area (Å²) in [5, 5.41) is 0. The standard InChI is InChI=1S/C8H8N4O3/c9-5(13)3-12-2-1-4-6(12)7(14)11-8(15)10-4/h1-2H,3H2,(H2,9,13)(H2,10,11,14,15). The highest BCUT2D eigenvalue weighted by Gasteiger charge is 2.07. The Morgan fingerprint density at radius 2 is 2.13 bits per heavy atom. The molecule has 4 N–H and O–H groups in total. The van der Waals surface area contributed by atoms with Gasteiger partial charge < -0.3 is 15.3 Å². The Kier molecular flexibility index (Phi) is 1.93. The molecule has 0 spiro atoms. The van der Waals surface area contributed by atoms with Gasteiger partial charge in [-0.2, -0.15) is 0 Å². The van der Waals surface area contributed by atoms with Crippen molar-refractivity contribution in [3.63, 3.8) is 0 Å². The van der Waals surface area contributed by atoms with Gasteiger partial charge in [0.25, 0.3) is 5.56 Å². The lowest BCUT2D eigenvalue weighted by Gasteiger charge is -1.99. The average Bonchev–Trinajstić information content (AvgIpc) is 2.46. The molecule has 0 aliphatic carbocycles. The van der Waals surface area contributed by atoms with Crippen LogP contribution in [0.5, 0.6) is 0 Å². The van der Waals surface area contributed by atoms with E-state index < -0.39 is 17.2 Å². The third-order valence-electron chi connectivity index (χ3n) is 1.98. The molecule has 0 aliphatic rings. The summed E-state index contributed by atoms with van der Waals surface area (Å²) < 4.78 is 1.38. The van der Waals surface area contributed by atoms with Crippen LogP contribution in [-0.4, -0.2) is 20.4 Å². The molecule has 0 saturated heterocycles. The van der Waals surface area contributed by atoms with Gasteiger partial charge in [0.2, 0.25) is 5.91 Å². The van der Waals surface area contributed by atoms with Crippen LogP contribution in [0.4, 0.5) is 0 Å². The molecule has 78 valence electrons. The number of amides is 1. The summed E-state index contributed by atoms with van der Waals surface area (Å²) in [6, 6.07) is 1.54. The van der Waals surface area contributed by atoms with E-state index in [0.717, 1.165) is 0 Å². The third-order valence-corrected chi connectivity index (χ3v) is 1.98. The van der Waals surface area contributed by atoms with Gasteiger partial charge >= 0.3 is 5.69 Å². The molecule has 1 amide bonds. The van der Waals surface area contributed by atoms with Crippen molar-refractivity contribution in [2.24, 2.45) is 5.73 Å². The minimum Gasteiger partial charge on any atom is -0.368 e. The van der Waals surface area contributed by atoms with Gasteiger partial charge in [-0.1, -0.05) is 0 Å². The number of primary amides is 1. The van der Waals surface area contributed by atoms with E-state index in [0.29, 0.717) is 5.52 Å². The highest BCUT2D eigenvalue weighted by atomic mass is 16.2. The Labute approximate surface area is 82.5 Å². The second-order valence-electron chi connectivity index (χ2n) is 3.08. The van der Waals surface area contributed by atoms with E-state index in [-0.39, 0.29) is 12.1 Å². The first-order valence-electron chi connectivity index (χ1n) is 4.17. The summed E-state index contributed by atoms with van der Waals surface area (Å²) in [7, 11) is 0. The van der Waals surface area contributed by atoms with Gasteiger partial charge in [-0.3, -0.25) is 14.6 Å². The SMILES string of the molecule is NC(=O)Cn1ccc2[nH]c(=O)[nH]c(=O)c21. The third kappa shape index (κ3) is 1.54. The summed E-state index contributed by atoms with van der Waals surface area (Å²) >= 11 is 0. The first-order valence-corrected chi connectivity index (χ1v) is 4.17. The van der Waals surface area contributed by atoms with E-state index in [1.807, 2.05) is 0 Å². The van der Waals surface area contributed by atoms with Crippen LogP contribution in [0.15, 0.2) is 21.9 Å². The highest BCUT2D eigenvalue weighted by molar-refractivity contribution is 5.79. The number of carbonyl (C=O) groups excluding carboxylic acids is 1. The highest BCUT2D eigenvalue weighted by Crippen LogP contribution is 2.05. The lowest BCUT2D eigenvalue weighted by molar-refractivity contribution is -0.118. The molecular weight excluding hydrogens is 200 g/mol. The Bertz CT molecular complexity index is 633. The normalized spacial score (nSPS) is 10.7. The summed E-state index contributed by atoms with van der Waals surface area (Å²) in [5.74, 6) is -0.557. The zero-order chi connectivity index (χ0) is 11.0. The largest absolute Gasteiger partial charge is 0.368 e. The molecule has 0 aliphatic heterocycles. The summed E-state index contributed by atoms with van der Waals surface area (Å²) in [4.78, 5) is 37.6. The quantitative estimate of drug-likeness (QED) is 0.558. The maximum absolute atomic E-state index is 11.4. The van der Waals surface area contributed by atoms with Gasteiger partial charge in [-0.15, -0.1) is 0 Å². The van der Waals surface area contributed by atoms with E-state index in [1.165, 1.54) is 16.8 Å². The van der Waals surface area contributed by atoms with Crippen LogP contribution >= 0.6 is 0 Å². The topological polar surface area (TPSA) is 114 Å². The number of hydrogen-bond donors (Lipinski definition) is 3. The minimum atomic E-state index is -0.579. The number of nitrogens with two attached hydrogens (primary N) is 1. The van der Waals surface area contributed by atoms with E-state index >= 15 is 0 Å². The Morgan fingerprint density at radius 1 is 1.40 bits per heavy atom. The van der Waals surface area contributed by atoms with Crippen molar-refractivity contribution >= 4 is 16.9 Å². The Balaban J connectivity index is 2.74. The molecule has 0 radical (unpaired) electrons. The molecule has 7 nitrogen and oxygen atoms in total. The summed E-state index contributed by atoms with van der Waals surface area (Å²) in [6.45, 7) is -0.0986. The molecule has 0 fully saturated rings. The van der Waals surface area contributed by atoms with Gasteiger partial charge in [0.15, 0.2) is 0 Å². The number of aromatic amines is 2. The fourth-order valence-corrected chi connectivity index (χ4v) is 1.44. The molecule has 15 heavy (non-hydrogen) atoms. The van der Waals surface area contributed by atoms with Crippen molar-refractivity contribution < 1.29 is 4.79 Å². The number of rotatable bonds is 2. The number of nitrogens with one attached hydrogen (secondary N) is 2. The number of H-pyrrole nitrogens is 2. The molecule has 2 heterocycles. The molecule has 0 atom stereocenters. The first kappa shape index (κ1) is 9.25. The zero-order valence-electron chi connectivity index (χ0n) is 7.61. The molecule has 7 heteroatoms. The van der Waals surface area contributed by atoms with E-state index in [1.54, 1.807) is 0 Å². The number of fused-ring (bicyclic) bond motifs is 1. The second kappa shape index (κ2) is 3.12. The van der Waals surface area contributed by atoms with Gasteiger partial charge in [-0.25, -0.2) is 4.79 Å². The van der Waals surface area contributed by atoms with Crippen molar-refractivity contribution in [2.45, 2.75) is 6.54 Å². The maximum atomic E-state index is 11.4. The number of carbonyl (C=O) groups is 1. The lowest BCUT2D eigenvalue weighted by Crippen LogP contribution is -2.25. The summed E-state index contributed by atoms with van der Waals surface area (Å²) in [6.07, 6.45) is 1.51.